The lowest BCUT2D eigenvalue weighted by Crippen LogP contribution is -2.37. The Kier molecular flexibility index (Phi) is 7.32. The molecule has 0 spiro atoms. The minimum absolute atomic E-state index is 0.204. The van der Waals surface area contributed by atoms with Gasteiger partial charge in [0.15, 0.2) is 17.6 Å². The van der Waals surface area contributed by atoms with Gasteiger partial charge in [-0.2, -0.15) is 0 Å². The summed E-state index contributed by atoms with van der Waals surface area (Å²) in [4.78, 5) is 11.9. The first-order valence-electron chi connectivity index (χ1n) is 6.95. The van der Waals surface area contributed by atoms with Gasteiger partial charge in [-0.05, 0) is 19.4 Å². The first-order chi connectivity index (χ1) is 10.0. The van der Waals surface area contributed by atoms with Crippen molar-refractivity contribution in [1.29, 1.82) is 0 Å². The van der Waals surface area contributed by atoms with E-state index in [1.165, 1.54) is 7.11 Å². The first kappa shape index (κ1) is 17.6. The molecule has 0 fully saturated rings. The second-order valence-corrected chi connectivity index (χ2v) is 5.10. The molecule has 0 saturated carbocycles. The van der Waals surface area contributed by atoms with E-state index >= 15 is 0 Å². The Hall–Kier alpha value is -1.46. The van der Waals surface area contributed by atoms with Crippen molar-refractivity contribution in [3.05, 3.63) is 22.7 Å². The molecular weight excluding hydrogens is 294 g/mol. The lowest BCUT2D eigenvalue weighted by Gasteiger charge is -2.19. The van der Waals surface area contributed by atoms with E-state index in [1.54, 1.807) is 19.1 Å². The van der Waals surface area contributed by atoms with Crippen LogP contribution in [0.4, 0.5) is 0 Å². The van der Waals surface area contributed by atoms with E-state index in [4.69, 9.17) is 21.1 Å². The molecule has 5 nitrogen and oxygen atoms in total. The predicted octanol–water partition coefficient (Wildman–Crippen LogP) is 2.52. The molecule has 0 aliphatic heterocycles. The van der Waals surface area contributed by atoms with E-state index in [0.29, 0.717) is 28.6 Å². The van der Waals surface area contributed by atoms with Crippen molar-refractivity contribution in [1.82, 2.24) is 5.32 Å². The summed E-state index contributed by atoms with van der Waals surface area (Å²) in [5, 5.41) is 12.6. The third-order valence-corrected chi connectivity index (χ3v) is 3.20. The minimum Gasteiger partial charge on any atom is -0.493 e. The monoisotopic (exact) mass is 315 g/mol. The van der Waals surface area contributed by atoms with Crippen molar-refractivity contribution in [3.8, 4) is 11.5 Å². The molecule has 1 unspecified atom stereocenters. The van der Waals surface area contributed by atoms with Crippen LogP contribution in [0.15, 0.2) is 12.1 Å². The lowest BCUT2D eigenvalue weighted by atomic mass is 10.2. The molecule has 118 valence electrons. The summed E-state index contributed by atoms with van der Waals surface area (Å²) < 4.78 is 10.8. The number of amides is 1. The molecule has 0 aliphatic carbocycles. The summed E-state index contributed by atoms with van der Waals surface area (Å²) in [6, 6.07) is 3.17. The average molecular weight is 316 g/mol. The molecular formula is C15H22ClNO4. The van der Waals surface area contributed by atoms with Crippen LogP contribution in [0.2, 0.25) is 5.02 Å². The van der Waals surface area contributed by atoms with Crippen LogP contribution in [-0.2, 0) is 11.4 Å². The van der Waals surface area contributed by atoms with Gasteiger partial charge in [-0.15, -0.1) is 0 Å². The number of nitrogens with one attached hydrogen (secondary N) is 1. The Morgan fingerprint density at radius 1 is 1.48 bits per heavy atom. The second-order valence-electron chi connectivity index (χ2n) is 4.66. The van der Waals surface area contributed by atoms with Crippen molar-refractivity contribution in [3.63, 3.8) is 0 Å². The van der Waals surface area contributed by atoms with Crippen LogP contribution in [-0.4, -0.2) is 30.8 Å². The predicted molar refractivity (Wildman–Crippen MR) is 81.9 cm³/mol. The van der Waals surface area contributed by atoms with Crippen LogP contribution in [0.5, 0.6) is 11.5 Å². The van der Waals surface area contributed by atoms with Gasteiger partial charge in [0.05, 0.1) is 13.7 Å². The van der Waals surface area contributed by atoms with Gasteiger partial charge < -0.3 is 19.9 Å². The van der Waals surface area contributed by atoms with Gasteiger partial charge in [-0.3, -0.25) is 4.79 Å². The molecule has 0 bridgehead atoms. The van der Waals surface area contributed by atoms with Gasteiger partial charge in [-0.25, -0.2) is 0 Å². The fourth-order valence-corrected chi connectivity index (χ4v) is 2.02. The molecule has 0 aliphatic rings. The van der Waals surface area contributed by atoms with Crippen molar-refractivity contribution < 1.29 is 19.4 Å². The molecule has 1 amide bonds. The number of benzene rings is 1. The summed E-state index contributed by atoms with van der Waals surface area (Å²) in [5.41, 5.74) is 0.479. The molecule has 1 rings (SSSR count). The van der Waals surface area contributed by atoms with Crippen molar-refractivity contribution >= 4 is 17.5 Å². The number of aliphatic hydroxyl groups is 1. The van der Waals surface area contributed by atoms with Crippen LogP contribution >= 0.6 is 11.6 Å². The molecule has 0 saturated heterocycles. The molecule has 0 heterocycles. The van der Waals surface area contributed by atoms with E-state index in [9.17, 15) is 9.90 Å². The molecule has 21 heavy (non-hydrogen) atoms. The summed E-state index contributed by atoms with van der Waals surface area (Å²) in [5.74, 6) is 0.520. The number of carbonyl (C=O) groups is 1. The van der Waals surface area contributed by atoms with E-state index in [1.807, 2.05) is 0 Å². The zero-order chi connectivity index (χ0) is 15.8. The van der Waals surface area contributed by atoms with Crippen LogP contribution in [0.1, 0.15) is 32.3 Å². The number of hydrogen-bond acceptors (Lipinski definition) is 4. The van der Waals surface area contributed by atoms with Gasteiger partial charge >= 0.3 is 0 Å². The van der Waals surface area contributed by atoms with Gasteiger partial charge in [0.1, 0.15) is 0 Å². The Balaban J connectivity index is 2.83. The first-order valence-corrected chi connectivity index (χ1v) is 7.32. The van der Waals surface area contributed by atoms with E-state index < -0.39 is 6.10 Å². The maximum Gasteiger partial charge on any atom is 0.260 e. The number of hydrogen-bond donors (Lipinski definition) is 2. The number of ether oxygens (including phenoxy) is 2. The average Bonchev–Trinajstić information content (AvgIpc) is 2.48. The van der Waals surface area contributed by atoms with E-state index in [-0.39, 0.29) is 12.5 Å². The Morgan fingerprint density at radius 2 is 2.19 bits per heavy atom. The van der Waals surface area contributed by atoms with Gasteiger partial charge in [0.2, 0.25) is 0 Å². The highest BCUT2D eigenvalue weighted by Crippen LogP contribution is 2.35. The molecule has 2 N–H and O–H groups in total. The maximum atomic E-state index is 11.9. The number of aliphatic hydroxyl groups excluding tert-OH is 1. The van der Waals surface area contributed by atoms with Crippen LogP contribution in [0.25, 0.3) is 0 Å². The Bertz CT molecular complexity index is 454. The van der Waals surface area contributed by atoms with Gasteiger partial charge in [0, 0.05) is 23.2 Å². The van der Waals surface area contributed by atoms with Crippen molar-refractivity contribution in [2.45, 2.75) is 39.4 Å². The lowest BCUT2D eigenvalue weighted by molar-refractivity contribution is -0.127. The fraction of sp³-hybridized carbons (Fsp3) is 0.533. The normalized spacial score (nSPS) is 11.9. The number of unbranched alkanes of at least 4 members (excludes halogenated alkanes) is 1. The molecule has 1 aromatic carbocycles. The zero-order valence-electron chi connectivity index (χ0n) is 12.6. The second kappa shape index (κ2) is 8.74. The molecule has 6 heteroatoms. The standard InChI is InChI=1S/C15H22ClNO4/c1-4-5-6-17-15(19)10(2)21-14-11(9-18)7-12(16)8-13(14)20-3/h7-8,10,18H,4-6,9H2,1-3H3,(H,17,19). The summed E-state index contributed by atoms with van der Waals surface area (Å²) in [6.45, 7) is 4.07. The van der Waals surface area contributed by atoms with Gasteiger partial charge in [-0.1, -0.05) is 24.9 Å². The third kappa shape index (κ3) is 5.10. The highest BCUT2D eigenvalue weighted by Gasteiger charge is 2.19. The quantitative estimate of drug-likeness (QED) is 0.723. The minimum atomic E-state index is -0.692. The van der Waals surface area contributed by atoms with Crippen LogP contribution in [0, 0.1) is 0 Å². The smallest absolute Gasteiger partial charge is 0.260 e. The highest BCUT2D eigenvalue weighted by atomic mass is 35.5. The molecule has 1 atom stereocenters. The highest BCUT2D eigenvalue weighted by molar-refractivity contribution is 6.30. The number of methoxy groups -OCH3 is 1. The number of carbonyl (C=O) groups excluding carboxylic acids is 1. The summed E-state index contributed by atoms with van der Waals surface area (Å²) in [6.07, 6.45) is 1.24. The largest absolute Gasteiger partial charge is 0.493 e. The van der Waals surface area contributed by atoms with Crippen molar-refractivity contribution in [2.24, 2.45) is 0 Å². The number of halogens is 1. The van der Waals surface area contributed by atoms with Crippen LogP contribution < -0.4 is 14.8 Å². The molecule has 1 aromatic rings. The Morgan fingerprint density at radius 3 is 2.76 bits per heavy atom. The summed E-state index contributed by atoms with van der Waals surface area (Å²) >= 11 is 5.94. The van der Waals surface area contributed by atoms with Gasteiger partial charge in [0.25, 0.3) is 5.91 Å². The zero-order valence-corrected chi connectivity index (χ0v) is 13.4. The molecule has 0 radical (unpaired) electrons. The summed E-state index contributed by atoms with van der Waals surface area (Å²) in [7, 11) is 1.48. The van der Waals surface area contributed by atoms with Crippen molar-refractivity contribution in [2.75, 3.05) is 13.7 Å². The SMILES string of the molecule is CCCCNC(=O)C(C)Oc1c(CO)cc(Cl)cc1OC. The topological polar surface area (TPSA) is 67.8 Å². The van der Waals surface area contributed by atoms with E-state index in [0.717, 1.165) is 12.8 Å². The van der Waals surface area contributed by atoms with Crippen LogP contribution in [0.3, 0.4) is 0 Å². The Labute approximate surface area is 130 Å². The number of rotatable bonds is 8. The molecule has 0 aromatic heterocycles. The fourth-order valence-electron chi connectivity index (χ4n) is 1.79. The maximum absolute atomic E-state index is 11.9. The van der Waals surface area contributed by atoms with E-state index in [2.05, 4.69) is 12.2 Å². The third-order valence-electron chi connectivity index (χ3n) is 2.98.